The van der Waals surface area contributed by atoms with Gasteiger partial charge in [0.05, 0.1) is 0 Å². The molecule has 1 atom stereocenters. The number of nitrogens with two attached hydrogens (primary N) is 1. The minimum atomic E-state index is 0.522. The predicted molar refractivity (Wildman–Crippen MR) is 71.8 cm³/mol. The molecule has 1 rings (SSSR count). The van der Waals surface area contributed by atoms with Crippen molar-refractivity contribution in [1.29, 1.82) is 0 Å². The molecule has 0 saturated carbocycles. The molecule has 0 aliphatic rings. The van der Waals surface area contributed by atoms with Gasteiger partial charge in [0, 0.05) is 0 Å². The van der Waals surface area contributed by atoms with Crippen molar-refractivity contribution < 1.29 is 0 Å². The molecule has 0 amide bonds. The van der Waals surface area contributed by atoms with Crippen LogP contribution in [-0.2, 0) is 0 Å². The van der Waals surface area contributed by atoms with Gasteiger partial charge in [0.1, 0.15) is 0 Å². The topological polar surface area (TPSA) is 26.0 Å². The van der Waals surface area contributed by atoms with Gasteiger partial charge in [-0.3, -0.25) is 0 Å². The molecule has 1 aromatic rings. The molecule has 0 bridgehead atoms. The molecule has 0 radical (unpaired) electrons. The molecule has 1 heteroatoms. The Morgan fingerprint density at radius 3 is 2.12 bits per heavy atom. The minimum absolute atomic E-state index is 0.522. The molecule has 1 nitrogen and oxygen atoms in total. The maximum absolute atomic E-state index is 5.94. The van der Waals surface area contributed by atoms with Crippen molar-refractivity contribution in [3.8, 4) is 0 Å². The third-order valence-electron chi connectivity index (χ3n) is 3.83. The van der Waals surface area contributed by atoms with Crippen LogP contribution in [0.4, 0.5) is 0 Å². The summed E-state index contributed by atoms with van der Waals surface area (Å²) in [6.07, 6.45) is 2.43. The number of rotatable bonds is 5. The average Bonchev–Trinajstić information content (AvgIpc) is 2.29. The van der Waals surface area contributed by atoms with Crippen LogP contribution in [0.15, 0.2) is 18.2 Å². The maximum Gasteiger partial charge on any atom is -0.000557 e. The summed E-state index contributed by atoms with van der Waals surface area (Å²) in [5.41, 5.74) is 10.1. The Morgan fingerprint density at radius 1 is 1.06 bits per heavy atom. The van der Waals surface area contributed by atoms with Crippen LogP contribution < -0.4 is 5.73 Å². The van der Waals surface area contributed by atoms with Crippen LogP contribution in [-0.4, -0.2) is 6.54 Å². The number of hydrogen-bond donors (Lipinski definition) is 1. The first-order valence-corrected chi connectivity index (χ1v) is 6.41. The van der Waals surface area contributed by atoms with Crippen LogP contribution in [0.3, 0.4) is 0 Å². The van der Waals surface area contributed by atoms with E-state index in [2.05, 4.69) is 45.9 Å². The highest BCUT2D eigenvalue weighted by molar-refractivity contribution is 5.32. The average molecular weight is 219 g/mol. The third-order valence-corrected chi connectivity index (χ3v) is 3.83. The van der Waals surface area contributed by atoms with Gasteiger partial charge in [0.2, 0.25) is 0 Å². The fraction of sp³-hybridized carbons (Fsp3) is 0.600. The zero-order valence-corrected chi connectivity index (χ0v) is 11.1. The zero-order valence-electron chi connectivity index (χ0n) is 11.1. The molecule has 0 spiro atoms. The molecule has 0 aromatic heterocycles. The second-order valence-corrected chi connectivity index (χ2v) is 4.76. The standard InChI is InChI=1S/C15H25N/c1-5-13(6-2)15(10-16)14-8-7-11(3)12(4)9-14/h7-9,13,15H,5-6,10,16H2,1-4H3. The summed E-state index contributed by atoms with van der Waals surface area (Å²) in [7, 11) is 0. The predicted octanol–water partition coefficient (Wildman–Crippen LogP) is 3.78. The summed E-state index contributed by atoms with van der Waals surface area (Å²) in [5, 5.41) is 0. The Hall–Kier alpha value is -0.820. The molecule has 0 saturated heterocycles. The molecule has 90 valence electrons. The molecule has 0 aliphatic carbocycles. The van der Waals surface area contributed by atoms with Gasteiger partial charge in [0.15, 0.2) is 0 Å². The largest absolute Gasteiger partial charge is 0.330 e. The van der Waals surface area contributed by atoms with Crippen LogP contribution in [0.5, 0.6) is 0 Å². The Balaban J connectivity index is 2.98. The summed E-state index contributed by atoms with van der Waals surface area (Å²) < 4.78 is 0. The highest BCUT2D eigenvalue weighted by Crippen LogP contribution is 2.29. The molecule has 1 unspecified atom stereocenters. The number of aryl methyl sites for hydroxylation is 2. The van der Waals surface area contributed by atoms with Crippen LogP contribution in [0.25, 0.3) is 0 Å². The second kappa shape index (κ2) is 6.05. The first kappa shape index (κ1) is 13.2. The lowest BCUT2D eigenvalue weighted by Gasteiger charge is -2.25. The van der Waals surface area contributed by atoms with Gasteiger partial charge in [-0.2, -0.15) is 0 Å². The second-order valence-electron chi connectivity index (χ2n) is 4.76. The molecule has 0 heterocycles. The lowest BCUT2D eigenvalue weighted by Crippen LogP contribution is -2.21. The number of benzene rings is 1. The zero-order chi connectivity index (χ0) is 12.1. The smallest absolute Gasteiger partial charge is 0.000557 e. The summed E-state index contributed by atoms with van der Waals surface area (Å²) in [6, 6.07) is 6.78. The Morgan fingerprint density at radius 2 is 1.69 bits per heavy atom. The van der Waals surface area contributed by atoms with Gasteiger partial charge < -0.3 is 5.73 Å². The number of hydrogen-bond acceptors (Lipinski definition) is 1. The lowest BCUT2D eigenvalue weighted by atomic mass is 9.82. The molecule has 1 aromatic carbocycles. The van der Waals surface area contributed by atoms with Crippen molar-refractivity contribution in [3.63, 3.8) is 0 Å². The van der Waals surface area contributed by atoms with E-state index in [4.69, 9.17) is 5.73 Å². The fourth-order valence-corrected chi connectivity index (χ4v) is 2.45. The SMILES string of the molecule is CCC(CC)C(CN)c1ccc(C)c(C)c1. The van der Waals surface area contributed by atoms with Crippen molar-refractivity contribution in [2.24, 2.45) is 11.7 Å². The summed E-state index contributed by atoms with van der Waals surface area (Å²) in [6.45, 7) is 9.62. The van der Waals surface area contributed by atoms with Crippen LogP contribution in [0.1, 0.15) is 49.3 Å². The van der Waals surface area contributed by atoms with E-state index in [1.165, 1.54) is 29.5 Å². The van der Waals surface area contributed by atoms with Gasteiger partial charge in [-0.15, -0.1) is 0 Å². The van der Waals surface area contributed by atoms with Gasteiger partial charge in [0.25, 0.3) is 0 Å². The van der Waals surface area contributed by atoms with Gasteiger partial charge in [-0.25, -0.2) is 0 Å². The first-order valence-electron chi connectivity index (χ1n) is 6.41. The minimum Gasteiger partial charge on any atom is -0.330 e. The molecule has 2 N–H and O–H groups in total. The molecular weight excluding hydrogens is 194 g/mol. The van der Waals surface area contributed by atoms with E-state index in [0.29, 0.717) is 11.8 Å². The van der Waals surface area contributed by atoms with Crippen LogP contribution >= 0.6 is 0 Å². The van der Waals surface area contributed by atoms with E-state index in [0.717, 1.165) is 6.54 Å². The van der Waals surface area contributed by atoms with E-state index in [9.17, 15) is 0 Å². The van der Waals surface area contributed by atoms with Crippen molar-refractivity contribution in [3.05, 3.63) is 34.9 Å². The van der Waals surface area contributed by atoms with Gasteiger partial charge >= 0.3 is 0 Å². The quantitative estimate of drug-likeness (QED) is 0.801. The Bertz CT molecular complexity index is 326. The molecule has 0 aliphatic heterocycles. The van der Waals surface area contributed by atoms with Crippen molar-refractivity contribution in [2.75, 3.05) is 6.54 Å². The van der Waals surface area contributed by atoms with E-state index in [1.807, 2.05) is 0 Å². The van der Waals surface area contributed by atoms with Crippen molar-refractivity contribution >= 4 is 0 Å². The van der Waals surface area contributed by atoms with E-state index in [-0.39, 0.29) is 0 Å². The van der Waals surface area contributed by atoms with Crippen LogP contribution in [0, 0.1) is 19.8 Å². The monoisotopic (exact) mass is 219 g/mol. The third kappa shape index (κ3) is 2.85. The highest BCUT2D eigenvalue weighted by Gasteiger charge is 2.19. The highest BCUT2D eigenvalue weighted by atomic mass is 14.6. The summed E-state index contributed by atoms with van der Waals surface area (Å²) in [5.74, 6) is 1.24. The van der Waals surface area contributed by atoms with Crippen LogP contribution in [0.2, 0.25) is 0 Å². The summed E-state index contributed by atoms with van der Waals surface area (Å²) in [4.78, 5) is 0. The van der Waals surface area contributed by atoms with Crippen molar-refractivity contribution in [1.82, 2.24) is 0 Å². The lowest BCUT2D eigenvalue weighted by molar-refractivity contribution is 0.402. The van der Waals surface area contributed by atoms with E-state index < -0.39 is 0 Å². The maximum atomic E-state index is 5.94. The van der Waals surface area contributed by atoms with E-state index >= 15 is 0 Å². The fourth-order valence-electron chi connectivity index (χ4n) is 2.45. The molecule has 0 fully saturated rings. The molecule has 16 heavy (non-hydrogen) atoms. The Labute approximate surface area is 100 Å². The van der Waals surface area contributed by atoms with Crippen molar-refractivity contribution in [2.45, 2.75) is 46.5 Å². The first-order chi connectivity index (χ1) is 7.63. The summed E-state index contributed by atoms with van der Waals surface area (Å²) >= 11 is 0. The normalized spacial score (nSPS) is 13.1. The van der Waals surface area contributed by atoms with E-state index in [1.54, 1.807) is 0 Å². The Kier molecular flexibility index (Phi) is 5.01. The molecular formula is C15H25N. The van der Waals surface area contributed by atoms with Gasteiger partial charge in [-0.05, 0) is 48.9 Å². The van der Waals surface area contributed by atoms with Gasteiger partial charge in [-0.1, -0.05) is 44.9 Å².